The molecule has 0 aromatic heterocycles. The minimum absolute atomic E-state index is 0.599. The number of thiocarbonyl (C=S) groups is 1. The molecule has 0 bridgehead atoms. The van der Waals surface area contributed by atoms with Gasteiger partial charge in [0.25, 0.3) is 0 Å². The van der Waals surface area contributed by atoms with Gasteiger partial charge < -0.3 is 4.90 Å². The molecule has 0 N–H and O–H groups in total. The lowest BCUT2D eigenvalue weighted by Gasteiger charge is -2.13. The van der Waals surface area contributed by atoms with Crippen LogP contribution in [0, 0.1) is 5.92 Å². The molecule has 1 aliphatic rings. The first-order valence-corrected chi connectivity index (χ1v) is 5.37. The lowest BCUT2D eigenvalue weighted by atomic mass is 10.1. The van der Waals surface area contributed by atoms with Crippen molar-refractivity contribution in [3.05, 3.63) is 35.9 Å². The molecule has 2 heteroatoms. The van der Waals surface area contributed by atoms with E-state index in [-0.39, 0.29) is 0 Å². The Morgan fingerprint density at radius 1 is 1.29 bits per heavy atom. The molecule has 1 aromatic rings. The molecule has 74 valence electrons. The third-order valence-electron chi connectivity index (χ3n) is 2.78. The molecule has 0 saturated heterocycles. The Morgan fingerprint density at radius 3 is 2.50 bits per heavy atom. The number of hydrogen-bond donors (Lipinski definition) is 0. The number of rotatable bonds is 2. The fourth-order valence-electron chi connectivity index (χ4n) is 1.87. The van der Waals surface area contributed by atoms with Crippen LogP contribution in [0.2, 0.25) is 0 Å². The summed E-state index contributed by atoms with van der Waals surface area (Å²) in [4.78, 5) is 3.15. The Hall–Kier alpha value is -0.890. The Kier molecular flexibility index (Phi) is 2.55. The van der Waals surface area contributed by atoms with E-state index in [1.54, 1.807) is 0 Å². The maximum Gasteiger partial charge on any atom is 0.0811 e. The molecule has 0 radical (unpaired) electrons. The molecule has 1 aromatic carbocycles. The maximum absolute atomic E-state index is 5.37. The monoisotopic (exact) mass is 205 g/mol. The summed E-state index contributed by atoms with van der Waals surface area (Å²) in [6, 6.07) is 10.7. The predicted molar refractivity (Wildman–Crippen MR) is 63.6 cm³/mol. The van der Waals surface area contributed by atoms with E-state index in [0.29, 0.717) is 11.8 Å². The van der Waals surface area contributed by atoms with Crippen LogP contribution in [0.25, 0.3) is 0 Å². The van der Waals surface area contributed by atoms with Gasteiger partial charge in [-0.05, 0) is 17.9 Å². The summed E-state index contributed by atoms with van der Waals surface area (Å²) in [5.74, 6) is 1.27. The van der Waals surface area contributed by atoms with E-state index in [0.717, 1.165) is 4.99 Å². The first kappa shape index (κ1) is 9.66. The highest BCUT2D eigenvalue weighted by Crippen LogP contribution is 2.48. The van der Waals surface area contributed by atoms with E-state index < -0.39 is 0 Å². The summed E-state index contributed by atoms with van der Waals surface area (Å²) >= 11 is 5.37. The highest BCUT2D eigenvalue weighted by Gasteiger charge is 2.41. The zero-order valence-electron chi connectivity index (χ0n) is 8.60. The first-order chi connectivity index (χ1) is 6.70. The van der Waals surface area contributed by atoms with E-state index in [9.17, 15) is 0 Å². The van der Waals surface area contributed by atoms with E-state index in [4.69, 9.17) is 12.2 Å². The molecule has 2 rings (SSSR count). The SMILES string of the molecule is CN(C)C(=S)C1CC1c1ccccc1. The van der Waals surface area contributed by atoms with E-state index in [1.165, 1.54) is 12.0 Å². The fourth-order valence-corrected chi connectivity index (χ4v) is 2.13. The second kappa shape index (κ2) is 3.70. The summed E-state index contributed by atoms with van der Waals surface area (Å²) in [6.45, 7) is 0. The van der Waals surface area contributed by atoms with Crippen LogP contribution < -0.4 is 0 Å². The molecule has 1 fully saturated rings. The summed E-state index contributed by atoms with van der Waals surface area (Å²) in [6.07, 6.45) is 1.22. The fraction of sp³-hybridized carbons (Fsp3) is 0.417. The summed E-state index contributed by atoms with van der Waals surface area (Å²) in [5.41, 5.74) is 1.43. The molecular formula is C12H15NS. The molecule has 0 heterocycles. The Bertz CT molecular complexity index is 331. The van der Waals surface area contributed by atoms with Crippen molar-refractivity contribution in [1.82, 2.24) is 4.90 Å². The molecule has 1 aliphatic carbocycles. The van der Waals surface area contributed by atoms with Gasteiger partial charge in [-0.25, -0.2) is 0 Å². The van der Waals surface area contributed by atoms with E-state index in [1.807, 2.05) is 14.1 Å². The number of benzene rings is 1. The normalized spacial score (nSPS) is 24.4. The standard InChI is InChI=1S/C12H15NS/c1-13(2)12(14)11-8-10(11)9-6-4-3-5-7-9/h3-7,10-11H,8H2,1-2H3. The second-order valence-corrected chi connectivity index (χ2v) is 4.51. The molecular weight excluding hydrogens is 190 g/mol. The molecule has 0 aliphatic heterocycles. The molecule has 0 spiro atoms. The highest BCUT2D eigenvalue weighted by atomic mass is 32.1. The topological polar surface area (TPSA) is 3.24 Å². The maximum atomic E-state index is 5.37. The predicted octanol–water partition coefficient (Wildman–Crippen LogP) is 2.68. The highest BCUT2D eigenvalue weighted by molar-refractivity contribution is 7.80. The van der Waals surface area contributed by atoms with Crippen molar-refractivity contribution in [2.75, 3.05) is 14.1 Å². The lowest BCUT2D eigenvalue weighted by molar-refractivity contribution is 0.611. The summed E-state index contributed by atoms with van der Waals surface area (Å²) in [5, 5.41) is 0. The van der Waals surface area contributed by atoms with Crippen LogP contribution in [0.5, 0.6) is 0 Å². The van der Waals surface area contributed by atoms with Crippen LogP contribution in [0.1, 0.15) is 17.9 Å². The van der Waals surface area contributed by atoms with Gasteiger partial charge in [0.05, 0.1) is 4.99 Å². The third kappa shape index (κ3) is 1.80. The summed E-state index contributed by atoms with van der Waals surface area (Å²) in [7, 11) is 4.06. The van der Waals surface area contributed by atoms with E-state index >= 15 is 0 Å². The third-order valence-corrected chi connectivity index (χ3v) is 3.44. The zero-order valence-corrected chi connectivity index (χ0v) is 9.42. The van der Waals surface area contributed by atoms with Crippen molar-refractivity contribution in [3.63, 3.8) is 0 Å². The van der Waals surface area contributed by atoms with Gasteiger partial charge in [0.15, 0.2) is 0 Å². The first-order valence-electron chi connectivity index (χ1n) is 4.96. The minimum Gasteiger partial charge on any atom is -0.372 e. The molecule has 1 saturated carbocycles. The number of nitrogens with zero attached hydrogens (tertiary/aromatic N) is 1. The Labute approximate surface area is 90.7 Å². The van der Waals surface area contributed by atoms with Crippen molar-refractivity contribution in [2.45, 2.75) is 12.3 Å². The van der Waals surface area contributed by atoms with Crippen molar-refractivity contribution in [2.24, 2.45) is 5.92 Å². The van der Waals surface area contributed by atoms with Gasteiger partial charge >= 0.3 is 0 Å². The average molecular weight is 205 g/mol. The van der Waals surface area contributed by atoms with Crippen LogP contribution in [-0.4, -0.2) is 24.0 Å². The van der Waals surface area contributed by atoms with Crippen LogP contribution in [0.4, 0.5) is 0 Å². The number of hydrogen-bond acceptors (Lipinski definition) is 1. The second-order valence-electron chi connectivity index (χ2n) is 4.09. The van der Waals surface area contributed by atoms with Crippen molar-refractivity contribution >= 4 is 17.2 Å². The van der Waals surface area contributed by atoms with Gasteiger partial charge in [-0.2, -0.15) is 0 Å². The van der Waals surface area contributed by atoms with Gasteiger partial charge in [-0.3, -0.25) is 0 Å². The van der Waals surface area contributed by atoms with Gasteiger partial charge in [-0.1, -0.05) is 42.5 Å². The summed E-state index contributed by atoms with van der Waals surface area (Å²) < 4.78 is 0. The van der Waals surface area contributed by atoms with Crippen LogP contribution in [0.15, 0.2) is 30.3 Å². The van der Waals surface area contributed by atoms with Crippen LogP contribution in [0.3, 0.4) is 0 Å². The van der Waals surface area contributed by atoms with Gasteiger partial charge in [0.2, 0.25) is 0 Å². The van der Waals surface area contributed by atoms with Gasteiger partial charge in [-0.15, -0.1) is 0 Å². The van der Waals surface area contributed by atoms with Gasteiger partial charge in [0, 0.05) is 20.0 Å². The van der Waals surface area contributed by atoms with Crippen molar-refractivity contribution < 1.29 is 0 Å². The quantitative estimate of drug-likeness (QED) is 0.683. The molecule has 14 heavy (non-hydrogen) atoms. The molecule has 0 amide bonds. The smallest absolute Gasteiger partial charge is 0.0811 e. The minimum atomic E-state index is 0.599. The van der Waals surface area contributed by atoms with E-state index in [2.05, 4.69) is 35.2 Å². The lowest BCUT2D eigenvalue weighted by Crippen LogP contribution is -2.21. The average Bonchev–Trinajstić information content (AvgIpc) is 2.97. The van der Waals surface area contributed by atoms with Crippen LogP contribution in [-0.2, 0) is 0 Å². The molecule has 2 unspecified atom stereocenters. The van der Waals surface area contributed by atoms with Crippen molar-refractivity contribution in [1.29, 1.82) is 0 Å². The molecule has 2 atom stereocenters. The van der Waals surface area contributed by atoms with Crippen LogP contribution >= 0.6 is 12.2 Å². The molecule has 1 nitrogen and oxygen atoms in total. The van der Waals surface area contributed by atoms with Gasteiger partial charge in [0.1, 0.15) is 0 Å². The largest absolute Gasteiger partial charge is 0.372 e. The Balaban J connectivity index is 2.03. The zero-order chi connectivity index (χ0) is 10.1. The van der Waals surface area contributed by atoms with Crippen molar-refractivity contribution in [3.8, 4) is 0 Å². The Morgan fingerprint density at radius 2 is 1.93 bits per heavy atom.